The number of ether oxygens (including phenoxy) is 1. The second-order valence-corrected chi connectivity index (χ2v) is 6.90. The lowest BCUT2D eigenvalue weighted by Crippen LogP contribution is -2.39. The van der Waals surface area contributed by atoms with E-state index in [1.807, 2.05) is 0 Å². The van der Waals surface area contributed by atoms with E-state index in [0.717, 1.165) is 37.1 Å². The summed E-state index contributed by atoms with van der Waals surface area (Å²) < 4.78 is 5.77. The number of hydrogen-bond donors (Lipinski definition) is 1. The van der Waals surface area contributed by atoms with Crippen molar-refractivity contribution in [2.45, 2.75) is 57.2 Å². The first kappa shape index (κ1) is 11.3. The van der Waals surface area contributed by atoms with Crippen LogP contribution in [0.3, 0.4) is 0 Å². The molecule has 4 rings (SSSR count). The monoisotopic (exact) mass is 249 g/mol. The van der Waals surface area contributed by atoms with Crippen molar-refractivity contribution in [3.05, 3.63) is 0 Å². The predicted molar refractivity (Wildman–Crippen MR) is 67.9 cm³/mol. The zero-order valence-electron chi connectivity index (χ0n) is 10.9. The number of nitrogens with one attached hydrogen (secondary N) is 1. The van der Waals surface area contributed by atoms with E-state index < -0.39 is 0 Å². The van der Waals surface area contributed by atoms with E-state index in [-0.39, 0.29) is 17.9 Å². The van der Waals surface area contributed by atoms with E-state index in [0.29, 0.717) is 6.10 Å². The molecule has 1 N–H and O–H groups in total. The maximum atomic E-state index is 12.2. The Hall–Kier alpha value is -0.570. The first-order valence-corrected chi connectivity index (χ1v) is 7.73. The number of rotatable bonds is 3. The third-order valence-electron chi connectivity index (χ3n) is 5.87. The van der Waals surface area contributed by atoms with Crippen LogP contribution < -0.4 is 5.32 Å². The Morgan fingerprint density at radius 1 is 1.11 bits per heavy atom. The minimum Gasteiger partial charge on any atom is -0.374 e. The first-order valence-electron chi connectivity index (χ1n) is 7.73. The zero-order valence-corrected chi connectivity index (χ0v) is 10.9. The summed E-state index contributed by atoms with van der Waals surface area (Å²) in [5, 5.41) is 3.22. The maximum Gasteiger partial charge on any atom is 0.225 e. The quantitative estimate of drug-likeness (QED) is 0.832. The molecule has 4 fully saturated rings. The van der Waals surface area contributed by atoms with Crippen molar-refractivity contribution < 1.29 is 9.53 Å². The van der Waals surface area contributed by atoms with Crippen molar-refractivity contribution >= 4 is 5.91 Å². The summed E-state index contributed by atoms with van der Waals surface area (Å²) in [6.07, 6.45) is 9.47. The maximum absolute atomic E-state index is 12.2. The molecule has 0 radical (unpaired) electrons. The lowest BCUT2D eigenvalue weighted by molar-refractivity contribution is -0.126. The van der Waals surface area contributed by atoms with Gasteiger partial charge >= 0.3 is 0 Å². The Bertz CT molecular complexity index is 356. The molecule has 2 saturated carbocycles. The molecule has 6 atom stereocenters. The molecule has 0 aromatic rings. The van der Waals surface area contributed by atoms with Crippen molar-refractivity contribution in [3.8, 4) is 0 Å². The molecule has 0 aromatic carbocycles. The van der Waals surface area contributed by atoms with Gasteiger partial charge in [0.2, 0.25) is 5.91 Å². The molecule has 100 valence electrons. The second-order valence-electron chi connectivity index (χ2n) is 6.90. The van der Waals surface area contributed by atoms with Crippen LogP contribution in [-0.2, 0) is 9.53 Å². The number of carbonyl (C=O) groups excluding carboxylic acids is 1. The van der Waals surface area contributed by atoms with Crippen molar-refractivity contribution in [2.24, 2.45) is 23.7 Å². The van der Waals surface area contributed by atoms with Gasteiger partial charge in [0.05, 0.1) is 18.1 Å². The molecule has 1 amide bonds. The topological polar surface area (TPSA) is 38.3 Å². The average molecular weight is 249 g/mol. The van der Waals surface area contributed by atoms with Gasteiger partial charge in [-0.1, -0.05) is 6.42 Å². The Kier molecular flexibility index (Phi) is 2.65. The van der Waals surface area contributed by atoms with Crippen LogP contribution in [0.15, 0.2) is 0 Å². The highest BCUT2D eigenvalue weighted by Gasteiger charge is 2.45. The van der Waals surface area contributed by atoms with Gasteiger partial charge in [0.15, 0.2) is 0 Å². The van der Waals surface area contributed by atoms with Crippen LogP contribution in [0, 0.1) is 23.7 Å². The standard InChI is InChI=1S/C15H23NO2/c17-15(13-7-12-3-4-14(13)18-12)16-8-11-6-9-1-2-10(11)5-9/h9-14H,1-8H2,(H,16,17)/t9-,10-,11-,12+,13-,14+/m0/s1. The lowest BCUT2D eigenvalue weighted by atomic mass is 9.87. The molecular formula is C15H23NO2. The molecule has 2 saturated heterocycles. The summed E-state index contributed by atoms with van der Waals surface area (Å²) in [6, 6.07) is 0. The molecule has 0 unspecified atom stereocenters. The van der Waals surface area contributed by atoms with Gasteiger partial charge in [-0.15, -0.1) is 0 Å². The predicted octanol–water partition coefficient (Wildman–Crippen LogP) is 2.11. The van der Waals surface area contributed by atoms with Crippen LogP contribution in [0.25, 0.3) is 0 Å². The molecule has 4 bridgehead atoms. The Morgan fingerprint density at radius 3 is 2.67 bits per heavy atom. The van der Waals surface area contributed by atoms with E-state index in [2.05, 4.69) is 5.32 Å². The molecular weight excluding hydrogens is 226 g/mol. The van der Waals surface area contributed by atoms with Gasteiger partial charge in [0, 0.05) is 6.54 Å². The van der Waals surface area contributed by atoms with Gasteiger partial charge < -0.3 is 10.1 Å². The third-order valence-corrected chi connectivity index (χ3v) is 5.87. The molecule has 0 spiro atoms. The number of carbonyl (C=O) groups is 1. The molecule has 4 aliphatic rings. The van der Waals surface area contributed by atoms with Crippen LogP contribution in [0.5, 0.6) is 0 Å². The van der Waals surface area contributed by atoms with Crippen molar-refractivity contribution in [1.82, 2.24) is 5.32 Å². The molecule has 3 heteroatoms. The summed E-state index contributed by atoms with van der Waals surface area (Å²) in [7, 11) is 0. The lowest BCUT2D eigenvalue weighted by Gasteiger charge is -2.24. The largest absolute Gasteiger partial charge is 0.374 e. The third kappa shape index (κ3) is 1.78. The smallest absolute Gasteiger partial charge is 0.225 e. The fourth-order valence-corrected chi connectivity index (χ4v) is 4.90. The fraction of sp³-hybridized carbons (Fsp3) is 0.933. The Labute approximate surface area is 109 Å². The zero-order chi connectivity index (χ0) is 12.1. The van der Waals surface area contributed by atoms with Gasteiger partial charge in [-0.05, 0) is 56.3 Å². The van der Waals surface area contributed by atoms with E-state index in [1.165, 1.54) is 32.1 Å². The van der Waals surface area contributed by atoms with Crippen LogP contribution in [0.2, 0.25) is 0 Å². The van der Waals surface area contributed by atoms with Crippen molar-refractivity contribution in [1.29, 1.82) is 0 Å². The summed E-state index contributed by atoms with van der Waals surface area (Å²) >= 11 is 0. The number of fused-ring (bicyclic) bond motifs is 4. The second kappa shape index (κ2) is 4.22. The van der Waals surface area contributed by atoms with Crippen LogP contribution in [-0.4, -0.2) is 24.7 Å². The average Bonchev–Trinajstić information content (AvgIpc) is 3.13. The molecule has 0 aromatic heterocycles. The highest BCUT2D eigenvalue weighted by molar-refractivity contribution is 5.79. The normalized spacial score (nSPS) is 48.9. The van der Waals surface area contributed by atoms with Crippen LogP contribution in [0.1, 0.15) is 44.9 Å². The molecule has 2 heterocycles. The van der Waals surface area contributed by atoms with Gasteiger partial charge in [-0.25, -0.2) is 0 Å². The Morgan fingerprint density at radius 2 is 2.06 bits per heavy atom. The first-order chi connectivity index (χ1) is 8.79. The Balaban J connectivity index is 1.29. The van der Waals surface area contributed by atoms with E-state index >= 15 is 0 Å². The van der Waals surface area contributed by atoms with Gasteiger partial charge in [-0.3, -0.25) is 4.79 Å². The molecule has 2 aliphatic heterocycles. The minimum absolute atomic E-state index is 0.155. The van der Waals surface area contributed by atoms with Crippen molar-refractivity contribution in [3.63, 3.8) is 0 Å². The van der Waals surface area contributed by atoms with Crippen LogP contribution in [0.4, 0.5) is 0 Å². The SMILES string of the molecule is O=C(NC[C@@H]1C[C@H]2CC[C@H]1C2)[C@H]1C[C@H]2CC[C@H]1O2. The number of amides is 1. The summed E-state index contributed by atoms with van der Waals surface area (Å²) in [6.45, 7) is 0.924. The fourth-order valence-electron chi connectivity index (χ4n) is 4.90. The highest BCUT2D eigenvalue weighted by atomic mass is 16.5. The van der Waals surface area contributed by atoms with Gasteiger partial charge in [0.25, 0.3) is 0 Å². The summed E-state index contributed by atoms with van der Waals surface area (Å²) in [5.74, 6) is 3.08. The van der Waals surface area contributed by atoms with E-state index in [4.69, 9.17) is 4.74 Å². The summed E-state index contributed by atoms with van der Waals surface area (Å²) in [5.41, 5.74) is 0. The van der Waals surface area contributed by atoms with E-state index in [1.54, 1.807) is 0 Å². The summed E-state index contributed by atoms with van der Waals surface area (Å²) in [4.78, 5) is 12.2. The molecule has 3 nitrogen and oxygen atoms in total. The van der Waals surface area contributed by atoms with Crippen LogP contribution >= 0.6 is 0 Å². The minimum atomic E-state index is 0.155. The molecule has 2 aliphatic carbocycles. The number of hydrogen-bond acceptors (Lipinski definition) is 2. The van der Waals surface area contributed by atoms with Gasteiger partial charge in [-0.2, -0.15) is 0 Å². The van der Waals surface area contributed by atoms with E-state index in [9.17, 15) is 4.79 Å². The molecule has 18 heavy (non-hydrogen) atoms. The van der Waals surface area contributed by atoms with Crippen molar-refractivity contribution in [2.75, 3.05) is 6.54 Å². The van der Waals surface area contributed by atoms with Gasteiger partial charge in [0.1, 0.15) is 0 Å². The highest BCUT2D eigenvalue weighted by Crippen LogP contribution is 2.48.